The van der Waals surface area contributed by atoms with Crippen molar-refractivity contribution in [3.8, 4) is 0 Å². The first-order valence-corrected chi connectivity index (χ1v) is 5.68. The van der Waals surface area contributed by atoms with Gasteiger partial charge in [0, 0.05) is 25.0 Å². The summed E-state index contributed by atoms with van der Waals surface area (Å²) < 4.78 is 0. The van der Waals surface area contributed by atoms with Crippen LogP contribution in [0.3, 0.4) is 0 Å². The molecule has 1 saturated heterocycles. The van der Waals surface area contributed by atoms with E-state index in [1.165, 1.54) is 0 Å². The van der Waals surface area contributed by atoms with Gasteiger partial charge in [-0.1, -0.05) is 6.07 Å². The number of carbonyl (C=O) groups excluding carboxylic acids is 1. The van der Waals surface area contributed by atoms with Crippen LogP contribution in [-0.4, -0.2) is 23.5 Å². The first kappa shape index (κ1) is 11.1. The Morgan fingerprint density at radius 1 is 1.56 bits per heavy atom. The van der Waals surface area contributed by atoms with E-state index in [1.807, 2.05) is 25.3 Å². The van der Waals surface area contributed by atoms with Crippen LogP contribution < -0.4 is 10.6 Å². The Hall–Kier alpha value is -1.42. The van der Waals surface area contributed by atoms with Gasteiger partial charge in [-0.05, 0) is 31.4 Å². The second-order valence-electron chi connectivity index (χ2n) is 4.17. The van der Waals surface area contributed by atoms with Gasteiger partial charge in [-0.3, -0.25) is 9.78 Å². The molecule has 0 bridgehead atoms. The maximum absolute atomic E-state index is 11.5. The molecule has 2 heterocycles. The lowest BCUT2D eigenvalue weighted by molar-refractivity contribution is -0.124. The molecule has 2 rings (SSSR count). The summed E-state index contributed by atoms with van der Waals surface area (Å²) in [5, 5.41) is 6.12. The zero-order chi connectivity index (χ0) is 11.4. The van der Waals surface area contributed by atoms with Gasteiger partial charge < -0.3 is 10.6 Å². The van der Waals surface area contributed by atoms with Crippen molar-refractivity contribution in [2.75, 3.05) is 6.54 Å². The van der Waals surface area contributed by atoms with Crippen molar-refractivity contribution >= 4 is 5.91 Å². The monoisotopic (exact) mass is 219 g/mol. The Kier molecular flexibility index (Phi) is 3.51. The average molecular weight is 219 g/mol. The van der Waals surface area contributed by atoms with Crippen LogP contribution >= 0.6 is 0 Å². The third-order valence-electron chi connectivity index (χ3n) is 2.81. The van der Waals surface area contributed by atoms with Crippen molar-refractivity contribution < 1.29 is 4.79 Å². The first-order chi connectivity index (χ1) is 7.75. The third-order valence-corrected chi connectivity index (χ3v) is 2.81. The first-order valence-electron chi connectivity index (χ1n) is 5.68. The van der Waals surface area contributed by atoms with E-state index in [4.69, 9.17) is 0 Å². The van der Waals surface area contributed by atoms with Gasteiger partial charge in [0.05, 0.1) is 6.04 Å². The summed E-state index contributed by atoms with van der Waals surface area (Å²) in [5.74, 6) is 0.117. The second kappa shape index (κ2) is 5.07. The molecule has 0 aliphatic carbocycles. The fourth-order valence-electron chi connectivity index (χ4n) is 1.81. The summed E-state index contributed by atoms with van der Waals surface area (Å²) in [5.41, 5.74) is 2.13. The lowest BCUT2D eigenvalue weighted by Crippen LogP contribution is -2.47. The Labute approximate surface area is 95.5 Å². The molecule has 0 saturated carbocycles. The summed E-state index contributed by atoms with van der Waals surface area (Å²) in [6, 6.07) is 3.98. The maximum Gasteiger partial charge on any atom is 0.237 e. The summed E-state index contributed by atoms with van der Waals surface area (Å²) in [6.45, 7) is 3.47. The highest BCUT2D eigenvalue weighted by Crippen LogP contribution is 2.05. The minimum atomic E-state index is -0.0462. The smallest absolute Gasteiger partial charge is 0.237 e. The minimum Gasteiger partial charge on any atom is -0.355 e. The summed E-state index contributed by atoms with van der Waals surface area (Å²) in [4.78, 5) is 15.7. The van der Waals surface area contributed by atoms with Crippen LogP contribution in [0.4, 0.5) is 0 Å². The molecule has 1 aromatic rings. The highest BCUT2D eigenvalue weighted by atomic mass is 16.2. The topological polar surface area (TPSA) is 54.0 Å². The highest BCUT2D eigenvalue weighted by molar-refractivity contribution is 5.82. The maximum atomic E-state index is 11.5. The average Bonchev–Trinajstić information content (AvgIpc) is 2.30. The van der Waals surface area contributed by atoms with Gasteiger partial charge in [0.1, 0.15) is 0 Å². The van der Waals surface area contributed by atoms with Gasteiger partial charge in [0.15, 0.2) is 0 Å². The van der Waals surface area contributed by atoms with Crippen LogP contribution in [0.2, 0.25) is 0 Å². The molecular formula is C12H17N3O. The summed E-state index contributed by atoms with van der Waals surface area (Å²) in [6.07, 6.45) is 3.82. The molecule has 1 atom stereocenters. The van der Waals surface area contributed by atoms with Crippen molar-refractivity contribution in [3.05, 3.63) is 29.6 Å². The van der Waals surface area contributed by atoms with E-state index in [-0.39, 0.29) is 11.9 Å². The number of hydrogen-bond acceptors (Lipinski definition) is 3. The molecule has 0 radical (unpaired) electrons. The molecule has 4 heteroatoms. The number of nitrogens with one attached hydrogen (secondary N) is 2. The molecule has 86 valence electrons. The zero-order valence-electron chi connectivity index (χ0n) is 9.49. The highest BCUT2D eigenvalue weighted by Gasteiger charge is 2.20. The lowest BCUT2D eigenvalue weighted by atomic mass is 10.1. The molecule has 0 aromatic carbocycles. The number of carbonyl (C=O) groups is 1. The number of aromatic nitrogens is 1. The lowest BCUT2D eigenvalue weighted by Gasteiger charge is -2.22. The van der Waals surface area contributed by atoms with E-state index < -0.39 is 0 Å². The predicted octanol–water partition coefficient (Wildman–Crippen LogP) is 0.758. The standard InChI is InChI=1S/C12H17N3O/c1-9-4-5-10(7-14-9)8-15-11-3-2-6-13-12(11)16/h4-5,7,11,15H,2-3,6,8H2,1H3,(H,13,16). The van der Waals surface area contributed by atoms with Gasteiger partial charge in [-0.15, -0.1) is 0 Å². The molecule has 1 fully saturated rings. The SMILES string of the molecule is Cc1ccc(CNC2CCCNC2=O)cn1. The zero-order valence-corrected chi connectivity index (χ0v) is 9.49. The van der Waals surface area contributed by atoms with E-state index >= 15 is 0 Å². The van der Waals surface area contributed by atoms with Crippen LogP contribution in [0.15, 0.2) is 18.3 Å². The number of aryl methyl sites for hydroxylation is 1. The van der Waals surface area contributed by atoms with Crippen molar-refractivity contribution in [3.63, 3.8) is 0 Å². The molecule has 0 spiro atoms. The van der Waals surface area contributed by atoms with Crippen molar-refractivity contribution in [2.24, 2.45) is 0 Å². The van der Waals surface area contributed by atoms with Crippen molar-refractivity contribution in [1.29, 1.82) is 0 Å². The van der Waals surface area contributed by atoms with Crippen molar-refractivity contribution in [1.82, 2.24) is 15.6 Å². The molecular weight excluding hydrogens is 202 g/mol. The summed E-state index contributed by atoms with van der Waals surface area (Å²) >= 11 is 0. The van der Waals surface area contributed by atoms with E-state index in [0.29, 0.717) is 6.54 Å². The predicted molar refractivity (Wildman–Crippen MR) is 61.8 cm³/mol. The fourth-order valence-corrected chi connectivity index (χ4v) is 1.81. The largest absolute Gasteiger partial charge is 0.355 e. The van der Waals surface area contributed by atoms with E-state index in [1.54, 1.807) is 0 Å². The van der Waals surface area contributed by atoms with Crippen LogP contribution in [0.25, 0.3) is 0 Å². The molecule has 1 amide bonds. The number of rotatable bonds is 3. The Morgan fingerprint density at radius 3 is 3.12 bits per heavy atom. The Balaban J connectivity index is 1.86. The van der Waals surface area contributed by atoms with Crippen LogP contribution in [-0.2, 0) is 11.3 Å². The molecule has 1 aromatic heterocycles. The Bertz CT molecular complexity index is 361. The number of piperidine rings is 1. The molecule has 1 aliphatic heterocycles. The number of pyridine rings is 1. The normalized spacial score (nSPS) is 20.6. The van der Waals surface area contributed by atoms with Gasteiger partial charge in [0.2, 0.25) is 5.91 Å². The molecule has 1 aliphatic rings. The van der Waals surface area contributed by atoms with Gasteiger partial charge in [0.25, 0.3) is 0 Å². The minimum absolute atomic E-state index is 0.0462. The Morgan fingerprint density at radius 2 is 2.44 bits per heavy atom. The number of hydrogen-bond donors (Lipinski definition) is 2. The number of amides is 1. The third kappa shape index (κ3) is 2.79. The fraction of sp³-hybridized carbons (Fsp3) is 0.500. The molecule has 1 unspecified atom stereocenters. The van der Waals surface area contributed by atoms with Crippen LogP contribution in [0, 0.1) is 6.92 Å². The number of nitrogens with zero attached hydrogens (tertiary/aromatic N) is 1. The van der Waals surface area contributed by atoms with Crippen molar-refractivity contribution in [2.45, 2.75) is 32.4 Å². The van der Waals surface area contributed by atoms with Gasteiger partial charge in [-0.2, -0.15) is 0 Å². The van der Waals surface area contributed by atoms with Crippen LogP contribution in [0.5, 0.6) is 0 Å². The summed E-state index contributed by atoms with van der Waals surface area (Å²) in [7, 11) is 0. The second-order valence-corrected chi connectivity index (χ2v) is 4.17. The van der Waals surface area contributed by atoms with Gasteiger partial charge in [-0.25, -0.2) is 0 Å². The molecule has 2 N–H and O–H groups in total. The van der Waals surface area contributed by atoms with E-state index in [2.05, 4.69) is 15.6 Å². The van der Waals surface area contributed by atoms with Crippen LogP contribution in [0.1, 0.15) is 24.1 Å². The van der Waals surface area contributed by atoms with E-state index in [0.717, 1.165) is 30.6 Å². The molecule has 16 heavy (non-hydrogen) atoms. The quantitative estimate of drug-likeness (QED) is 0.789. The van der Waals surface area contributed by atoms with Gasteiger partial charge >= 0.3 is 0 Å². The molecule has 4 nitrogen and oxygen atoms in total. The van der Waals surface area contributed by atoms with E-state index in [9.17, 15) is 4.79 Å².